The third kappa shape index (κ3) is 1.50. The summed E-state index contributed by atoms with van der Waals surface area (Å²) < 4.78 is 0. The van der Waals surface area contributed by atoms with Gasteiger partial charge in [0.05, 0.1) is 11.3 Å². The predicted octanol–water partition coefficient (Wildman–Crippen LogP) is 1.80. The molecule has 12 heavy (non-hydrogen) atoms. The van der Waals surface area contributed by atoms with Crippen molar-refractivity contribution in [3.05, 3.63) is 23.8 Å². The van der Waals surface area contributed by atoms with Crippen molar-refractivity contribution in [3.8, 4) is 0 Å². The molecular formula is C9H10N2O. The molecule has 0 aliphatic rings. The molecule has 0 heterocycles. The van der Waals surface area contributed by atoms with E-state index >= 15 is 0 Å². The van der Waals surface area contributed by atoms with Gasteiger partial charge in [0.2, 0.25) is 0 Å². The topological polar surface area (TPSA) is 55.4 Å². The second-order valence-electron chi connectivity index (χ2n) is 2.29. The number of nitrogen functional groups attached to an aromatic ring is 1. The first-order chi connectivity index (χ1) is 5.79. The molecule has 1 aromatic carbocycles. The zero-order valence-corrected chi connectivity index (χ0v) is 6.82. The molecule has 0 amide bonds. The van der Waals surface area contributed by atoms with Crippen LogP contribution in [0.3, 0.4) is 0 Å². The van der Waals surface area contributed by atoms with E-state index in [0.29, 0.717) is 16.9 Å². The molecule has 1 rings (SSSR count). The van der Waals surface area contributed by atoms with Crippen molar-refractivity contribution >= 4 is 23.9 Å². The number of aldehydes is 1. The third-order valence-electron chi connectivity index (χ3n) is 1.50. The molecule has 1 aromatic rings. The summed E-state index contributed by atoms with van der Waals surface area (Å²) in [5.74, 6) is 0. The highest BCUT2D eigenvalue weighted by atomic mass is 16.1. The lowest BCUT2D eigenvalue weighted by Gasteiger charge is -2.00. The zero-order chi connectivity index (χ0) is 8.97. The van der Waals surface area contributed by atoms with E-state index in [4.69, 9.17) is 5.73 Å². The molecule has 3 nitrogen and oxygen atoms in total. The van der Waals surface area contributed by atoms with Crippen molar-refractivity contribution < 1.29 is 4.79 Å². The first-order valence-electron chi connectivity index (χ1n) is 3.62. The molecule has 2 N–H and O–H groups in total. The molecule has 0 aromatic heterocycles. The van der Waals surface area contributed by atoms with Crippen LogP contribution in [0.2, 0.25) is 0 Å². The number of carbonyl (C=O) groups excluding carboxylic acids is 1. The van der Waals surface area contributed by atoms with Gasteiger partial charge in [0.15, 0.2) is 6.29 Å². The minimum atomic E-state index is 0.454. The van der Waals surface area contributed by atoms with Crippen molar-refractivity contribution in [3.63, 3.8) is 0 Å². The summed E-state index contributed by atoms with van der Waals surface area (Å²) in [6.07, 6.45) is 2.35. The van der Waals surface area contributed by atoms with Crippen molar-refractivity contribution in [1.82, 2.24) is 0 Å². The summed E-state index contributed by atoms with van der Waals surface area (Å²) in [5, 5.41) is 0. The summed E-state index contributed by atoms with van der Waals surface area (Å²) in [5.41, 5.74) is 7.10. The van der Waals surface area contributed by atoms with Crippen LogP contribution in [-0.4, -0.2) is 12.5 Å². The van der Waals surface area contributed by atoms with Crippen LogP contribution in [0.5, 0.6) is 0 Å². The normalized spacial score (nSPS) is 10.4. The smallest absolute Gasteiger partial charge is 0.154 e. The van der Waals surface area contributed by atoms with Gasteiger partial charge < -0.3 is 5.73 Å². The molecule has 0 aliphatic heterocycles. The molecule has 0 radical (unpaired) electrons. The number of nitrogens with zero attached hydrogens (tertiary/aromatic N) is 1. The van der Waals surface area contributed by atoms with Crippen molar-refractivity contribution in [2.45, 2.75) is 6.92 Å². The predicted molar refractivity (Wildman–Crippen MR) is 50.1 cm³/mol. The van der Waals surface area contributed by atoms with Crippen molar-refractivity contribution in [2.75, 3.05) is 5.73 Å². The maximum Gasteiger partial charge on any atom is 0.154 e. The summed E-state index contributed by atoms with van der Waals surface area (Å²) in [6.45, 7) is 1.79. The fourth-order valence-electron chi connectivity index (χ4n) is 0.950. The number of rotatable bonds is 2. The SMILES string of the molecule is C/C=N/c1cccc(N)c1C=O. The zero-order valence-electron chi connectivity index (χ0n) is 6.82. The van der Waals surface area contributed by atoms with Gasteiger partial charge in [-0.1, -0.05) is 6.07 Å². The molecule has 62 valence electrons. The van der Waals surface area contributed by atoms with E-state index in [0.717, 1.165) is 6.29 Å². The standard InChI is InChI=1S/C9H10N2O/c1-2-11-9-5-3-4-8(10)7(9)6-12/h2-6H,10H2,1H3/b11-2+. The number of hydrogen-bond donors (Lipinski definition) is 1. The van der Waals surface area contributed by atoms with Crippen LogP contribution >= 0.6 is 0 Å². The molecule has 0 unspecified atom stereocenters. The number of anilines is 1. The van der Waals surface area contributed by atoms with E-state index in [1.165, 1.54) is 0 Å². The highest BCUT2D eigenvalue weighted by molar-refractivity contribution is 5.91. The van der Waals surface area contributed by atoms with Gasteiger partial charge in [0.1, 0.15) is 0 Å². The maximum atomic E-state index is 10.6. The molecule has 0 atom stereocenters. The molecule has 3 heteroatoms. The third-order valence-corrected chi connectivity index (χ3v) is 1.50. The molecule has 0 fully saturated rings. The Morgan fingerprint density at radius 3 is 2.83 bits per heavy atom. The second-order valence-corrected chi connectivity index (χ2v) is 2.29. The van der Waals surface area contributed by atoms with Crippen molar-refractivity contribution in [2.24, 2.45) is 4.99 Å². The molecule has 0 saturated carbocycles. The van der Waals surface area contributed by atoms with E-state index in [1.807, 2.05) is 0 Å². The number of hydrogen-bond acceptors (Lipinski definition) is 3. The van der Waals surface area contributed by atoms with E-state index in [-0.39, 0.29) is 0 Å². The van der Waals surface area contributed by atoms with Gasteiger partial charge in [0.25, 0.3) is 0 Å². The van der Waals surface area contributed by atoms with Gasteiger partial charge in [-0.2, -0.15) is 0 Å². The monoisotopic (exact) mass is 162 g/mol. The summed E-state index contributed by atoms with van der Waals surface area (Å²) in [6, 6.07) is 5.20. The molecular weight excluding hydrogens is 152 g/mol. The first kappa shape index (κ1) is 8.46. The van der Waals surface area contributed by atoms with E-state index in [2.05, 4.69) is 4.99 Å². The Hall–Kier alpha value is -1.64. The second kappa shape index (κ2) is 3.67. The average Bonchev–Trinajstić information content (AvgIpc) is 2.05. The van der Waals surface area contributed by atoms with Crippen LogP contribution in [0.15, 0.2) is 23.2 Å². The number of aliphatic imine (C=N–C) groups is 1. The van der Waals surface area contributed by atoms with Crippen LogP contribution in [0.1, 0.15) is 17.3 Å². The van der Waals surface area contributed by atoms with Crippen LogP contribution < -0.4 is 5.73 Å². The highest BCUT2D eigenvalue weighted by Crippen LogP contribution is 2.21. The lowest BCUT2D eigenvalue weighted by Crippen LogP contribution is -1.92. The largest absolute Gasteiger partial charge is 0.398 e. The van der Waals surface area contributed by atoms with E-state index < -0.39 is 0 Å². The minimum Gasteiger partial charge on any atom is -0.398 e. The van der Waals surface area contributed by atoms with Gasteiger partial charge >= 0.3 is 0 Å². The summed E-state index contributed by atoms with van der Waals surface area (Å²) in [7, 11) is 0. The lowest BCUT2D eigenvalue weighted by atomic mass is 10.1. The first-order valence-corrected chi connectivity index (χ1v) is 3.62. The van der Waals surface area contributed by atoms with Crippen molar-refractivity contribution in [1.29, 1.82) is 0 Å². The molecule has 0 bridgehead atoms. The Labute approximate surface area is 70.9 Å². The highest BCUT2D eigenvalue weighted by Gasteiger charge is 2.01. The molecule has 0 spiro atoms. The van der Waals surface area contributed by atoms with Crippen LogP contribution in [0.25, 0.3) is 0 Å². The molecule has 0 aliphatic carbocycles. The summed E-state index contributed by atoms with van der Waals surface area (Å²) >= 11 is 0. The Morgan fingerprint density at radius 2 is 2.25 bits per heavy atom. The van der Waals surface area contributed by atoms with Crippen LogP contribution in [0.4, 0.5) is 11.4 Å². The van der Waals surface area contributed by atoms with Gasteiger partial charge in [-0.25, -0.2) is 0 Å². The number of nitrogens with two attached hydrogens (primary N) is 1. The van der Waals surface area contributed by atoms with E-state index in [9.17, 15) is 4.79 Å². The van der Waals surface area contributed by atoms with Gasteiger partial charge in [0, 0.05) is 11.9 Å². The van der Waals surface area contributed by atoms with E-state index in [1.54, 1.807) is 31.3 Å². The Bertz CT molecular complexity index is 318. The fourth-order valence-corrected chi connectivity index (χ4v) is 0.950. The average molecular weight is 162 g/mol. The quantitative estimate of drug-likeness (QED) is 0.409. The number of carbonyl (C=O) groups is 1. The Kier molecular flexibility index (Phi) is 2.58. The fraction of sp³-hybridized carbons (Fsp3) is 0.111. The minimum absolute atomic E-state index is 0.454. The van der Waals surface area contributed by atoms with Gasteiger partial charge in [-0.3, -0.25) is 9.79 Å². The molecule has 0 saturated heterocycles. The Balaban J connectivity index is 3.27. The number of benzene rings is 1. The van der Waals surface area contributed by atoms with Gasteiger partial charge in [-0.15, -0.1) is 0 Å². The van der Waals surface area contributed by atoms with Gasteiger partial charge in [-0.05, 0) is 19.1 Å². The Morgan fingerprint density at radius 1 is 1.50 bits per heavy atom. The van der Waals surface area contributed by atoms with Crippen LogP contribution in [-0.2, 0) is 0 Å². The van der Waals surface area contributed by atoms with Crippen LogP contribution in [0, 0.1) is 0 Å². The summed E-state index contributed by atoms with van der Waals surface area (Å²) in [4.78, 5) is 14.6. The maximum absolute atomic E-state index is 10.6. The lowest BCUT2D eigenvalue weighted by molar-refractivity contribution is 0.112.